The summed E-state index contributed by atoms with van der Waals surface area (Å²) in [6.45, 7) is 6.16. The Morgan fingerprint density at radius 1 is 1.00 bits per heavy atom. The average Bonchev–Trinajstić information content (AvgIpc) is 2.59. The third-order valence-electron chi connectivity index (χ3n) is 5.95. The molecule has 0 spiro atoms. The maximum Gasteiger partial charge on any atom is 0.243 e. The minimum Gasteiger partial charge on any atom is -0.324 e. The first-order chi connectivity index (χ1) is 10.9. The molecule has 1 aromatic rings. The second kappa shape index (κ2) is 6.54. The number of quaternary nitrogens is 1. The van der Waals surface area contributed by atoms with Gasteiger partial charge in [-0.05, 0) is 30.9 Å². The van der Waals surface area contributed by atoms with Gasteiger partial charge in [0.05, 0.1) is 31.1 Å². The van der Waals surface area contributed by atoms with E-state index in [9.17, 15) is 8.42 Å². The first-order valence-electron chi connectivity index (χ1n) is 8.81. The van der Waals surface area contributed by atoms with Crippen LogP contribution in [0.3, 0.4) is 0 Å². The van der Waals surface area contributed by atoms with Gasteiger partial charge in [-0.1, -0.05) is 25.1 Å². The standard InChI is InChI=1S/C18H29N2O2S/c1-16-10-14-20(2,15-11-16)17-8-12-19(13-9-17)23(21,22)18-6-4-3-5-7-18/h3-7,16-17H,8-15H2,1-2H3/q+1/t16-,20-. The first kappa shape index (κ1) is 16.9. The number of piperidine rings is 2. The molecular formula is C18H29N2O2S+. The van der Waals surface area contributed by atoms with Crippen molar-refractivity contribution in [2.75, 3.05) is 33.2 Å². The molecule has 1 aromatic carbocycles. The molecule has 0 N–H and O–H groups in total. The SMILES string of the molecule is C[C@H]1CC[N@+](C)(C2CCN(S(=O)(=O)c3ccccc3)CC2)CC1. The van der Waals surface area contributed by atoms with Gasteiger partial charge in [-0.25, -0.2) is 8.42 Å². The lowest BCUT2D eigenvalue weighted by Crippen LogP contribution is -2.59. The highest BCUT2D eigenvalue weighted by Gasteiger charge is 2.40. The van der Waals surface area contributed by atoms with Crippen molar-refractivity contribution in [3.8, 4) is 0 Å². The van der Waals surface area contributed by atoms with Crippen molar-refractivity contribution < 1.29 is 12.9 Å². The van der Waals surface area contributed by atoms with Crippen LogP contribution < -0.4 is 0 Å². The van der Waals surface area contributed by atoms with E-state index in [1.807, 2.05) is 6.07 Å². The fourth-order valence-electron chi connectivity index (χ4n) is 4.10. The van der Waals surface area contributed by atoms with Gasteiger partial charge in [-0.3, -0.25) is 0 Å². The highest BCUT2D eigenvalue weighted by molar-refractivity contribution is 7.89. The van der Waals surface area contributed by atoms with E-state index in [1.165, 1.54) is 25.9 Å². The van der Waals surface area contributed by atoms with Gasteiger partial charge in [0.25, 0.3) is 0 Å². The summed E-state index contributed by atoms with van der Waals surface area (Å²) in [7, 11) is -0.945. The first-order valence-corrected chi connectivity index (χ1v) is 10.3. The molecule has 0 bridgehead atoms. The predicted octanol–water partition coefficient (Wildman–Crippen LogP) is 2.72. The number of benzene rings is 1. The summed E-state index contributed by atoms with van der Waals surface area (Å²) >= 11 is 0. The Hall–Kier alpha value is -0.910. The molecule has 5 heteroatoms. The van der Waals surface area contributed by atoms with Crippen molar-refractivity contribution >= 4 is 10.0 Å². The van der Waals surface area contributed by atoms with Gasteiger partial charge in [0.1, 0.15) is 0 Å². The molecule has 128 valence electrons. The Morgan fingerprint density at radius 2 is 1.57 bits per heavy atom. The third kappa shape index (κ3) is 3.47. The van der Waals surface area contributed by atoms with E-state index in [-0.39, 0.29) is 0 Å². The summed E-state index contributed by atoms with van der Waals surface area (Å²) in [6, 6.07) is 9.45. The molecule has 23 heavy (non-hydrogen) atoms. The van der Waals surface area contributed by atoms with E-state index < -0.39 is 10.0 Å². The van der Waals surface area contributed by atoms with E-state index in [2.05, 4.69) is 14.0 Å². The molecule has 0 amide bonds. The molecule has 0 aliphatic carbocycles. The molecule has 2 saturated heterocycles. The molecule has 2 aliphatic rings. The number of nitrogens with zero attached hydrogens (tertiary/aromatic N) is 2. The monoisotopic (exact) mass is 337 g/mol. The fraction of sp³-hybridized carbons (Fsp3) is 0.667. The molecule has 4 nitrogen and oxygen atoms in total. The second-order valence-corrected chi connectivity index (χ2v) is 9.50. The summed E-state index contributed by atoms with van der Waals surface area (Å²) in [5, 5.41) is 0. The van der Waals surface area contributed by atoms with Gasteiger partial charge in [0.15, 0.2) is 0 Å². The summed E-state index contributed by atoms with van der Waals surface area (Å²) in [5.74, 6) is 0.847. The topological polar surface area (TPSA) is 37.4 Å². The van der Waals surface area contributed by atoms with E-state index >= 15 is 0 Å². The van der Waals surface area contributed by atoms with Crippen molar-refractivity contribution in [3.63, 3.8) is 0 Å². The van der Waals surface area contributed by atoms with Crippen LogP contribution >= 0.6 is 0 Å². The zero-order chi connectivity index (χ0) is 16.5. The zero-order valence-corrected chi connectivity index (χ0v) is 15.1. The average molecular weight is 338 g/mol. The lowest BCUT2D eigenvalue weighted by atomic mass is 9.92. The van der Waals surface area contributed by atoms with Gasteiger partial charge in [-0.2, -0.15) is 4.31 Å². The Labute approximate surface area is 140 Å². The van der Waals surface area contributed by atoms with Crippen molar-refractivity contribution in [2.24, 2.45) is 5.92 Å². The van der Waals surface area contributed by atoms with Crippen molar-refractivity contribution in [3.05, 3.63) is 30.3 Å². The maximum absolute atomic E-state index is 12.7. The largest absolute Gasteiger partial charge is 0.324 e. The Kier molecular flexibility index (Phi) is 4.81. The molecular weight excluding hydrogens is 308 g/mol. The van der Waals surface area contributed by atoms with Crippen LogP contribution in [-0.4, -0.2) is 56.5 Å². The Morgan fingerprint density at radius 3 is 2.13 bits per heavy atom. The number of likely N-dealkylation sites (tertiary alicyclic amines) is 1. The normalized spacial score (nSPS) is 31.1. The van der Waals surface area contributed by atoms with Crippen LogP contribution in [0.5, 0.6) is 0 Å². The van der Waals surface area contributed by atoms with Crippen LogP contribution in [0, 0.1) is 5.92 Å². The van der Waals surface area contributed by atoms with Gasteiger partial charge < -0.3 is 4.48 Å². The van der Waals surface area contributed by atoms with Crippen LogP contribution in [0.25, 0.3) is 0 Å². The second-order valence-electron chi connectivity index (χ2n) is 7.56. The van der Waals surface area contributed by atoms with E-state index in [0.717, 1.165) is 23.2 Å². The summed E-state index contributed by atoms with van der Waals surface area (Å²) in [6.07, 6.45) is 4.58. The molecule has 2 aliphatic heterocycles. The minimum absolute atomic E-state index is 0.422. The van der Waals surface area contributed by atoms with Crippen LogP contribution in [0.2, 0.25) is 0 Å². The fourth-order valence-corrected chi connectivity index (χ4v) is 5.59. The number of sulfonamides is 1. The summed E-state index contributed by atoms with van der Waals surface area (Å²) in [5.41, 5.74) is 0. The Balaban J connectivity index is 1.65. The van der Waals surface area contributed by atoms with Crippen LogP contribution in [0.4, 0.5) is 0 Å². The quantitative estimate of drug-likeness (QED) is 0.795. The Bertz CT molecular complexity index is 614. The molecule has 3 rings (SSSR count). The van der Waals surface area contributed by atoms with Crippen LogP contribution in [0.15, 0.2) is 35.2 Å². The van der Waals surface area contributed by atoms with Crippen molar-refractivity contribution in [1.82, 2.24) is 4.31 Å². The predicted molar refractivity (Wildman–Crippen MR) is 92.5 cm³/mol. The van der Waals surface area contributed by atoms with Gasteiger partial charge in [0, 0.05) is 25.9 Å². The molecule has 0 saturated carbocycles. The molecule has 0 unspecified atom stereocenters. The lowest BCUT2D eigenvalue weighted by Gasteiger charge is -2.48. The maximum atomic E-state index is 12.7. The minimum atomic E-state index is -3.32. The molecule has 2 fully saturated rings. The molecule has 0 aromatic heterocycles. The molecule has 0 radical (unpaired) electrons. The highest BCUT2D eigenvalue weighted by atomic mass is 32.2. The smallest absolute Gasteiger partial charge is 0.243 e. The lowest BCUT2D eigenvalue weighted by molar-refractivity contribution is -0.939. The van der Waals surface area contributed by atoms with Crippen LogP contribution in [-0.2, 0) is 10.0 Å². The summed E-state index contributed by atoms with van der Waals surface area (Å²) < 4.78 is 28.2. The zero-order valence-electron chi connectivity index (χ0n) is 14.3. The third-order valence-corrected chi connectivity index (χ3v) is 7.86. The molecule has 0 atom stereocenters. The van der Waals surface area contributed by atoms with E-state index in [1.54, 1.807) is 28.6 Å². The van der Waals surface area contributed by atoms with Gasteiger partial charge in [0.2, 0.25) is 10.0 Å². The summed E-state index contributed by atoms with van der Waals surface area (Å²) in [4.78, 5) is 0.422. The highest BCUT2D eigenvalue weighted by Crippen LogP contribution is 2.31. The number of rotatable bonds is 3. The van der Waals surface area contributed by atoms with Gasteiger partial charge in [-0.15, -0.1) is 0 Å². The van der Waals surface area contributed by atoms with Crippen LogP contribution in [0.1, 0.15) is 32.6 Å². The van der Waals surface area contributed by atoms with Gasteiger partial charge >= 0.3 is 0 Å². The number of hydrogen-bond acceptors (Lipinski definition) is 2. The van der Waals surface area contributed by atoms with E-state index in [4.69, 9.17) is 0 Å². The molecule has 2 heterocycles. The van der Waals surface area contributed by atoms with E-state index in [0.29, 0.717) is 24.0 Å². The number of hydrogen-bond donors (Lipinski definition) is 0. The van der Waals surface area contributed by atoms with Crippen molar-refractivity contribution in [1.29, 1.82) is 0 Å². The van der Waals surface area contributed by atoms with Crippen molar-refractivity contribution in [2.45, 2.75) is 43.5 Å².